The zero-order valence-corrected chi connectivity index (χ0v) is 8.70. The predicted molar refractivity (Wildman–Crippen MR) is 61.1 cm³/mol. The average molecular weight is 188 g/mol. The van der Waals surface area contributed by atoms with Gasteiger partial charge in [0.15, 0.2) is 0 Å². The van der Waals surface area contributed by atoms with Gasteiger partial charge >= 0.3 is 0 Å². The van der Waals surface area contributed by atoms with Crippen molar-refractivity contribution in [3.05, 3.63) is 35.9 Å². The minimum Gasteiger partial charge on any atom is -0.292 e. The second-order valence-electron chi connectivity index (χ2n) is 3.41. The van der Waals surface area contributed by atoms with Crippen LogP contribution in [0.5, 0.6) is 0 Å². The Labute approximate surface area is 89.6 Å². The second-order valence-corrected chi connectivity index (χ2v) is 3.41. The van der Waals surface area contributed by atoms with Crippen molar-refractivity contribution in [3.63, 3.8) is 0 Å². The molecule has 0 bridgehead atoms. The van der Waals surface area contributed by atoms with Gasteiger partial charge in [0.25, 0.3) is 0 Å². The molecule has 0 saturated carbocycles. The van der Waals surface area contributed by atoms with Gasteiger partial charge in [-0.3, -0.25) is 4.90 Å². The molecule has 0 heterocycles. The van der Waals surface area contributed by atoms with Crippen molar-refractivity contribution in [3.8, 4) is 12.3 Å². The molecule has 0 saturated heterocycles. The lowest BCUT2D eigenvalue weighted by Gasteiger charge is -2.22. The van der Waals surface area contributed by atoms with Gasteiger partial charge in [-0.15, -0.1) is 6.42 Å². The highest BCUT2D eigenvalue weighted by molar-refractivity contribution is 5.15. The van der Waals surface area contributed by atoms with Crippen LogP contribution in [0.15, 0.2) is 30.3 Å². The maximum Gasteiger partial charge on any atom is 0.0598 e. The van der Waals surface area contributed by atoms with Gasteiger partial charge in [-0.1, -0.05) is 36.3 Å². The number of rotatable bonds is 4. The summed E-state index contributed by atoms with van der Waals surface area (Å²) in [6.07, 6.45) is 5.96. The van der Waals surface area contributed by atoms with Crippen LogP contribution in [0.4, 0.5) is 0 Å². The number of hydrogen-bond acceptors (Lipinski definition) is 1. The van der Waals surface area contributed by atoms with E-state index in [4.69, 9.17) is 9.16 Å². The summed E-state index contributed by atoms with van der Waals surface area (Å²) in [5.74, 6) is 2.17. The molecular formula is C13H17N. The van der Waals surface area contributed by atoms with Gasteiger partial charge in [-0.2, -0.15) is 0 Å². The molecule has 0 amide bonds. The molecule has 14 heavy (non-hydrogen) atoms. The SMILES string of the molecule is [2H]C([2H])(C#C)N([11CH3])[C@H](C)Cc1ccccc1. The van der Waals surface area contributed by atoms with Crippen LogP contribution in [0.3, 0.4) is 0 Å². The maximum absolute atomic E-state index is 7.63. The van der Waals surface area contributed by atoms with E-state index in [1.54, 1.807) is 11.9 Å². The summed E-state index contributed by atoms with van der Waals surface area (Å²) in [5.41, 5.74) is 1.19. The first-order valence-electron chi connectivity index (χ1n) is 5.72. The quantitative estimate of drug-likeness (QED) is 0.655. The van der Waals surface area contributed by atoms with Gasteiger partial charge < -0.3 is 0 Å². The van der Waals surface area contributed by atoms with Gasteiger partial charge in [0.1, 0.15) is 0 Å². The lowest BCUT2D eigenvalue weighted by molar-refractivity contribution is 0.287. The largest absolute Gasteiger partial charge is 0.292 e. The fourth-order valence-electron chi connectivity index (χ4n) is 1.30. The van der Waals surface area contributed by atoms with E-state index in [1.165, 1.54) is 5.56 Å². The number of nitrogens with zero attached hydrogens (tertiary/aromatic N) is 1. The fourth-order valence-corrected chi connectivity index (χ4v) is 1.30. The van der Waals surface area contributed by atoms with Crippen LogP contribution in [-0.2, 0) is 6.42 Å². The Kier molecular flexibility index (Phi) is 3.16. The van der Waals surface area contributed by atoms with Crippen LogP contribution in [0.25, 0.3) is 0 Å². The summed E-state index contributed by atoms with van der Waals surface area (Å²) in [6.45, 7) is 0.288. The van der Waals surface area contributed by atoms with E-state index >= 15 is 0 Å². The summed E-state index contributed by atoms with van der Waals surface area (Å²) >= 11 is 0. The fraction of sp³-hybridized carbons (Fsp3) is 0.385. The lowest BCUT2D eigenvalue weighted by Crippen LogP contribution is -2.31. The topological polar surface area (TPSA) is 3.24 Å². The molecule has 0 radical (unpaired) electrons. The lowest BCUT2D eigenvalue weighted by atomic mass is 10.0. The third-order valence-corrected chi connectivity index (χ3v) is 2.28. The molecule has 1 atom stereocenters. The van der Waals surface area contributed by atoms with Crippen molar-refractivity contribution in [2.24, 2.45) is 0 Å². The molecule has 0 aromatic heterocycles. The molecule has 1 heteroatoms. The molecule has 0 aliphatic carbocycles. The zero-order chi connectivity index (χ0) is 12.2. The minimum absolute atomic E-state index is 0.0634. The first-order chi connectivity index (χ1) is 7.47. The predicted octanol–water partition coefficient (Wildman–Crippen LogP) is 2.18. The summed E-state index contributed by atoms with van der Waals surface area (Å²) in [4.78, 5) is 1.58. The van der Waals surface area contributed by atoms with E-state index in [2.05, 4.69) is 5.92 Å². The van der Waals surface area contributed by atoms with Crippen LogP contribution >= 0.6 is 0 Å². The number of benzene rings is 1. The third-order valence-electron chi connectivity index (χ3n) is 2.28. The Balaban J connectivity index is 2.67. The van der Waals surface area contributed by atoms with Gasteiger partial charge in [-0.25, -0.2) is 0 Å². The van der Waals surface area contributed by atoms with E-state index in [0.717, 1.165) is 6.42 Å². The van der Waals surface area contributed by atoms with Gasteiger partial charge in [0, 0.05) is 6.04 Å². The summed E-state index contributed by atoms with van der Waals surface area (Å²) in [7, 11) is 1.72. The highest BCUT2D eigenvalue weighted by atomic mass is 15.1. The normalized spacial score (nSPS) is 15.6. The maximum atomic E-state index is 7.63. The van der Waals surface area contributed by atoms with Gasteiger partial charge in [-0.05, 0) is 26.0 Å². The van der Waals surface area contributed by atoms with E-state index in [1.807, 2.05) is 37.3 Å². The first kappa shape index (κ1) is 8.08. The number of terminal acetylenes is 1. The molecule has 1 aromatic rings. The molecule has 0 N–H and O–H groups in total. The van der Waals surface area contributed by atoms with E-state index < -0.39 is 6.50 Å². The van der Waals surface area contributed by atoms with Crippen LogP contribution in [0.1, 0.15) is 15.2 Å². The number of hydrogen-bond donors (Lipinski definition) is 0. The second kappa shape index (κ2) is 5.47. The Morgan fingerprint density at radius 3 is 2.71 bits per heavy atom. The summed E-state index contributed by atoms with van der Waals surface area (Å²) in [5, 5.41) is 0. The Bertz CT molecular complexity index is 367. The molecule has 0 fully saturated rings. The van der Waals surface area contributed by atoms with Crippen LogP contribution < -0.4 is 0 Å². The monoisotopic (exact) mass is 188 g/mol. The molecule has 0 unspecified atom stereocenters. The molecular weight excluding hydrogens is 169 g/mol. The Morgan fingerprint density at radius 1 is 1.50 bits per heavy atom. The molecule has 74 valence electrons. The standard InChI is InChI=1S/C13H17N/c1-4-10-14(3)12(2)11-13-8-6-5-7-9-13/h1,5-9,12H,10-11H2,2-3H3/t12-/m1/s1/i3-1,10D2. The van der Waals surface area contributed by atoms with Crippen molar-refractivity contribution in [2.45, 2.75) is 19.4 Å². The van der Waals surface area contributed by atoms with E-state index in [9.17, 15) is 0 Å². The van der Waals surface area contributed by atoms with Crippen molar-refractivity contribution >= 4 is 0 Å². The van der Waals surface area contributed by atoms with E-state index in [-0.39, 0.29) is 6.04 Å². The van der Waals surface area contributed by atoms with Crippen molar-refractivity contribution in [2.75, 3.05) is 13.5 Å². The molecule has 0 aliphatic heterocycles. The van der Waals surface area contributed by atoms with E-state index in [0.29, 0.717) is 0 Å². The molecule has 0 spiro atoms. The first-order valence-corrected chi connectivity index (χ1v) is 4.72. The van der Waals surface area contributed by atoms with Crippen molar-refractivity contribution in [1.29, 1.82) is 0 Å². The third kappa shape index (κ3) is 3.24. The Morgan fingerprint density at radius 2 is 2.14 bits per heavy atom. The van der Waals surface area contributed by atoms with Crippen LogP contribution in [0, 0.1) is 12.3 Å². The van der Waals surface area contributed by atoms with Crippen LogP contribution in [-0.4, -0.2) is 24.5 Å². The molecule has 1 rings (SSSR count). The summed E-state index contributed by atoms with van der Waals surface area (Å²) in [6, 6.07) is 10.1. The molecule has 1 nitrogen and oxygen atoms in total. The smallest absolute Gasteiger partial charge is 0.0598 e. The molecule has 0 aliphatic rings. The zero-order valence-electron chi connectivity index (χ0n) is 10.7. The van der Waals surface area contributed by atoms with Gasteiger partial charge in [0.05, 0.1) is 9.24 Å². The average Bonchev–Trinajstić information content (AvgIpc) is 2.29. The van der Waals surface area contributed by atoms with Gasteiger partial charge in [0.2, 0.25) is 0 Å². The highest BCUT2D eigenvalue weighted by Crippen LogP contribution is 2.06. The summed E-state index contributed by atoms with van der Waals surface area (Å²) < 4.78 is 15.3. The van der Waals surface area contributed by atoms with Crippen molar-refractivity contribution < 1.29 is 2.74 Å². The highest BCUT2D eigenvalue weighted by Gasteiger charge is 2.07. The van der Waals surface area contributed by atoms with Crippen LogP contribution in [0.2, 0.25) is 0 Å². The number of likely N-dealkylation sites (N-methyl/N-ethyl adjacent to an activating group) is 1. The molecule has 1 aromatic carbocycles. The van der Waals surface area contributed by atoms with Crippen molar-refractivity contribution in [1.82, 2.24) is 4.90 Å². The minimum atomic E-state index is -1.69. The Hall–Kier alpha value is -1.26.